The predicted molar refractivity (Wildman–Crippen MR) is 58.8 cm³/mol. The molecule has 1 atom stereocenters. The van der Waals surface area contributed by atoms with Crippen molar-refractivity contribution in [2.45, 2.75) is 12.5 Å². The molecule has 0 bridgehead atoms. The Balaban J connectivity index is 2.42. The number of aliphatic hydroxyl groups excluding tert-OH is 3. The zero-order chi connectivity index (χ0) is 11.1. The molecular weight excluding hydrogens is 194 g/mol. The van der Waals surface area contributed by atoms with Gasteiger partial charge in [-0.25, -0.2) is 0 Å². The molecule has 4 heteroatoms. The van der Waals surface area contributed by atoms with Crippen LogP contribution in [0.2, 0.25) is 0 Å². The second-order valence-corrected chi connectivity index (χ2v) is 3.39. The molecule has 4 nitrogen and oxygen atoms in total. The summed E-state index contributed by atoms with van der Waals surface area (Å²) in [4.78, 5) is 0. The Kier molecular flexibility index (Phi) is 5.10. The molecule has 0 aliphatic rings. The maximum atomic E-state index is 9.11. The zero-order valence-electron chi connectivity index (χ0n) is 8.56. The van der Waals surface area contributed by atoms with Crippen LogP contribution in [-0.2, 0) is 6.42 Å². The molecule has 4 N–H and O–H groups in total. The molecule has 84 valence electrons. The number of aliphatic hydroxyl groups is 3. The van der Waals surface area contributed by atoms with Crippen molar-refractivity contribution in [3.05, 3.63) is 29.8 Å². The standard InChI is InChI=1S/C11H17NO3/c13-6-5-9-1-3-10(4-2-9)12-7-11(15)8-14/h1-4,11-15H,5-8H2. The van der Waals surface area contributed by atoms with E-state index in [1.165, 1.54) is 0 Å². The quantitative estimate of drug-likeness (QED) is 0.534. The Morgan fingerprint density at radius 2 is 1.80 bits per heavy atom. The third-order valence-electron chi connectivity index (χ3n) is 2.11. The lowest BCUT2D eigenvalue weighted by molar-refractivity contribution is 0.105. The van der Waals surface area contributed by atoms with Crippen molar-refractivity contribution in [2.75, 3.05) is 25.1 Å². The van der Waals surface area contributed by atoms with Crippen molar-refractivity contribution in [1.82, 2.24) is 0 Å². The topological polar surface area (TPSA) is 72.7 Å². The molecule has 0 aliphatic heterocycles. The Bertz CT molecular complexity index is 274. The van der Waals surface area contributed by atoms with E-state index < -0.39 is 6.10 Å². The fourth-order valence-corrected chi connectivity index (χ4v) is 1.22. The van der Waals surface area contributed by atoms with Gasteiger partial charge >= 0.3 is 0 Å². The monoisotopic (exact) mass is 211 g/mol. The SMILES string of the molecule is OCCc1ccc(NCC(O)CO)cc1. The molecule has 0 amide bonds. The molecule has 0 heterocycles. The summed E-state index contributed by atoms with van der Waals surface area (Å²) in [5, 5.41) is 29.4. The largest absolute Gasteiger partial charge is 0.396 e. The first-order valence-corrected chi connectivity index (χ1v) is 4.99. The van der Waals surface area contributed by atoms with Gasteiger partial charge in [-0.05, 0) is 24.1 Å². The van der Waals surface area contributed by atoms with Gasteiger partial charge in [0.1, 0.15) is 0 Å². The molecule has 0 saturated heterocycles. The van der Waals surface area contributed by atoms with Gasteiger partial charge in [0.15, 0.2) is 0 Å². The first-order chi connectivity index (χ1) is 7.26. The highest BCUT2D eigenvalue weighted by Crippen LogP contribution is 2.09. The van der Waals surface area contributed by atoms with E-state index in [1.54, 1.807) is 0 Å². The van der Waals surface area contributed by atoms with Gasteiger partial charge in [-0.3, -0.25) is 0 Å². The number of rotatable bonds is 6. The predicted octanol–water partition coefficient (Wildman–Crippen LogP) is -0.0135. The maximum absolute atomic E-state index is 9.11. The van der Waals surface area contributed by atoms with E-state index in [0.717, 1.165) is 11.3 Å². The van der Waals surface area contributed by atoms with Crippen molar-refractivity contribution < 1.29 is 15.3 Å². The highest BCUT2D eigenvalue weighted by atomic mass is 16.3. The molecule has 0 radical (unpaired) electrons. The van der Waals surface area contributed by atoms with Gasteiger partial charge < -0.3 is 20.6 Å². The van der Waals surface area contributed by atoms with Gasteiger partial charge in [0, 0.05) is 18.8 Å². The minimum absolute atomic E-state index is 0.149. The normalized spacial score (nSPS) is 12.5. The van der Waals surface area contributed by atoms with Gasteiger partial charge in [0.25, 0.3) is 0 Å². The van der Waals surface area contributed by atoms with Crippen LogP contribution in [0.3, 0.4) is 0 Å². The van der Waals surface area contributed by atoms with E-state index in [0.29, 0.717) is 13.0 Å². The molecule has 0 aromatic heterocycles. The van der Waals surface area contributed by atoms with Gasteiger partial charge in [-0.1, -0.05) is 12.1 Å². The molecule has 0 fully saturated rings. The fourth-order valence-electron chi connectivity index (χ4n) is 1.22. The van der Waals surface area contributed by atoms with Crippen LogP contribution in [0.25, 0.3) is 0 Å². The van der Waals surface area contributed by atoms with Crippen LogP contribution < -0.4 is 5.32 Å². The summed E-state index contributed by atoms with van der Waals surface area (Å²) >= 11 is 0. The average molecular weight is 211 g/mol. The van der Waals surface area contributed by atoms with Gasteiger partial charge in [-0.2, -0.15) is 0 Å². The third kappa shape index (κ3) is 4.29. The number of nitrogens with one attached hydrogen (secondary N) is 1. The Labute approximate surface area is 89.2 Å². The highest BCUT2D eigenvalue weighted by Gasteiger charge is 2.00. The second-order valence-electron chi connectivity index (χ2n) is 3.39. The van der Waals surface area contributed by atoms with Gasteiger partial charge in [-0.15, -0.1) is 0 Å². The van der Waals surface area contributed by atoms with Crippen LogP contribution in [-0.4, -0.2) is 41.2 Å². The van der Waals surface area contributed by atoms with Crippen molar-refractivity contribution in [3.63, 3.8) is 0 Å². The van der Waals surface area contributed by atoms with Crippen LogP contribution in [0.5, 0.6) is 0 Å². The molecule has 1 aromatic rings. The Morgan fingerprint density at radius 1 is 1.13 bits per heavy atom. The molecule has 0 aliphatic carbocycles. The van der Waals surface area contributed by atoms with E-state index in [-0.39, 0.29) is 13.2 Å². The summed E-state index contributed by atoms with van der Waals surface area (Å²) in [6.45, 7) is 0.238. The average Bonchev–Trinajstić information content (AvgIpc) is 2.28. The second kappa shape index (κ2) is 6.40. The van der Waals surface area contributed by atoms with Crippen LogP contribution >= 0.6 is 0 Å². The number of anilines is 1. The molecule has 1 unspecified atom stereocenters. The van der Waals surface area contributed by atoms with E-state index in [1.807, 2.05) is 24.3 Å². The van der Waals surface area contributed by atoms with Crippen LogP contribution in [0.4, 0.5) is 5.69 Å². The van der Waals surface area contributed by atoms with Gasteiger partial charge in [0.2, 0.25) is 0 Å². The lowest BCUT2D eigenvalue weighted by Gasteiger charge is -2.10. The smallest absolute Gasteiger partial charge is 0.0942 e. The number of hydrogen-bond acceptors (Lipinski definition) is 4. The lowest BCUT2D eigenvalue weighted by atomic mass is 10.1. The molecule has 1 rings (SSSR count). The number of hydrogen-bond donors (Lipinski definition) is 4. The highest BCUT2D eigenvalue weighted by molar-refractivity contribution is 5.44. The summed E-state index contributed by atoms with van der Waals surface area (Å²) in [6, 6.07) is 7.61. The van der Waals surface area contributed by atoms with Crippen molar-refractivity contribution in [2.24, 2.45) is 0 Å². The van der Waals surface area contributed by atoms with E-state index >= 15 is 0 Å². The minimum atomic E-state index is -0.734. The van der Waals surface area contributed by atoms with Crippen LogP contribution in [0.1, 0.15) is 5.56 Å². The van der Waals surface area contributed by atoms with E-state index in [9.17, 15) is 0 Å². The maximum Gasteiger partial charge on any atom is 0.0942 e. The molecule has 0 saturated carbocycles. The van der Waals surface area contributed by atoms with Crippen molar-refractivity contribution >= 4 is 5.69 Å². The Hall–Kier alpha value is -1.10. The number of benzene rings is 1. The lowest BCUT2D eigenvalue weighted by Crippen LogP contribution is -2.22. The summed E-state index contributed by atoms with van der Waals surface area (Å²) in [5.41, 5.74) is 1.97. The molecule has 0 spiro atoms. The van der Waals surface area contributed by atoms with Gasteiger partial charge in [0.05, 0.1) is 12.7 Å². The summed E-state index contributed by atoms with van der Waals surface area (Å²) in [5.74, 6) is 0. The summed E-state index contributed by atoms with van der Waals surface area (Å²) < 4.78 is 0. The third-order valence-corrected chi connectivity index (χ3v) is 2.11. The molecule has 1 aromatic carbocycles. The van der Waals surface area contributed by atoms with E-state index in [2.05, 4.69) is 5.32 Å². The fraction of sp³-hybridized carbons (Fsp3) is 0.455. The van der Waals surface area contributed by atoms with Crippen LogP contribution in [0.15, 0.2) is 24.3 Å². The van der Waals surface area contributed by atoms with Crippen molar-refractivity contribution in [3.8, 4) is 0 Å². The summed E-state index contributed by atoms with van der Waals surface area (Å²) in [7, 11) is 0. The zero-order valence-corrected chi connectivity index (χ0v) is 8.56. The van der Waals surface area contributed by atoms with Crippen LogP contribution in [0, 0.1) is 0 Å². The molecular formula is C11H17NO3. The Morgan fingerprint density at radius 3 is 2.33 bits per heavy atom. The molecule has 15 heavy (non-hydrogen) atoms. The minimum Gasteiger partial charge on any atom is -0.396 e. The summed E-state index contributed by atoms with van der Waals surface area (Å²) in [6.07, 6.45) is -0.0818. The van der Waals surface area contributed by atoms with Crippen molar-refractivity contribution in [1.29, 1.82) is 0 Å². The first kappa shape index (κ1) is 12.0. The van der Waals surface area contributed by atoms with E-state index in [4.69, 9.17) is 15.3 Å². The first-order valence-electron chi connectivity index (χ1n) is 4.99.